The first-order chi connectivity index (χ1) is 11.5. The van der Waals surface area contributed by atoms with Crippen molar-refractivity contribution in [1.82, 2.24) is 10.2 Å². The van der Waals surface area contributed by atoms with Gasteiger partial charge in [0.15, 0.2) is 0 Å². The average molecular weight is 350 g/mol. The molecule has 0 bridgehead atoms. The van der Waals surface area contributed by atoms with Crippen molar-refractivity contribution in [2.24, 2.45) is 0 Å². The van der Waals surface area contributed by atoms with E-state index in [2.05, 4.69) is 15.5 Å². The van der Waals surface area contributed by atoms with Crippen LogP contribution in [0.5, 0.6) is 0 Å². The summed E-state index contributed by atoms with van der Waals surface area (Å²) in [4.78, 5) is 25.3. The molecule has 1 saturated heterocycles. The van der Waals surface area contributed by atoms with Crippen molar-refractivity contribution in [3.05, 3.63) is 34.6 Å². The van der Waals surface area contributed by atoms with E-state index in [1.165, 1.54) is 28.4 Å². The van der Waals surface area contributed by atoms with Gasteiger partial charge in [0.05, 0.1) is 17.8 Å². The lowest BCUT2D eigenvalue weighted by Crippen LogP contribution is -2.25. The Morgan fingerprint density at radius 2 is 2.29 bits per heavy atom. The molecule has 0 aliphatic carbocycles. The molecule has 3 rings (SSSR count). The minimum Gasteiger partial charge on any atom is -0.444 e. The number of halogens is 1. The van der Waals surface area contributed by atoms with Crippen molar-refractivity contribution in [1.29, 1.82) is 0 Å². The molecule has 126 valence electrons. The molecule has 2 aromatic rings. The van der Waals surface area contributed by atoms with Gasteiger partial charge in [-0.2, -0.15) is 0 Å². The number of aryl methyl sites for hydroxylation is 1. The van der Waals surface area contributed by atoms with E-state index in [4.69, 9.17) is 4.74 Å². The van der Waals surface area contributed by atoms with E-state index in [1.807, 2.05) is 6.92 Å². The van der Waals surface area contributed by atoms with Crippen LogP contribution in [0.2, 0.25) is 0 Å². The van der Waals surface area contributed by atoms with Crippen molar-refractivity contribution >= 4 is 34.2 Å². The maximum absolute atomic E-state index is 14.3. The number of hydrogen-bond donors (Lipinski definition) is 1. The Kier molecular flexibility index (Phi) is 4.43. The van der Waals surface area contributed by atoms with Crippen LogP contribution >= 0.6 is 11.3 Å². The summed E-state index contributed by atoms with van der Waals surface area (Å²) in [5, 5.41) is 11.0. The molecule has 9 heteroatoms. The highest BCUT2D eigenvalue weighted by atomic mass is 32.1. The van der Waals surface area contributed by atoms with Crippen LogP contribution in [0.25, 0.3) is 0 Å². The molecule has 1 aromatic carbocycles. The summed E-state index contributed by atoms with van der Waals surface area (Å²) in [6.07, 6.45) is -0.0288. The van der Waals surface area contributed by atoms with Crippen LogP contribution in [0.3, 0.4) is 0 Å². The molecule has 1 N–H and O–H groups in total. The fraction of sp³-hybridized carbons (Fsp3) is 0.333. The first-order valence-electron chi connectivity index (χ1n) is 7.37. The topological polar surface area (TPSA) is 84.4 Å². The normalized spacial score (nSPS) is 17.0. The van der Waals surface area contributed by atoms with E-state index in [0.29, 0.717) is 28.8 Å². The molecule has 2 heterocycles. The second-order valence-corrected chi connectivity index (χ2v) is 6.45. The molecule has 24 heavy (non-hydrogen) atoms. The molecule has 2 amide bonds. The third-order valence-corrected chi connectivity index (χ3v) is 4.34. The van der Waals surface area contributed by atoms with Crippen molar-refractivity contribution in [2.75, 3.05) is 16.8 Å². The van der Waals surface area contributed by atoms with Gasteiger partial charge >= 0.3 is 6.09 Å². The Labute approximate surface area is 141 Å². The monoisotopic (exact) mass is 350 g/mol. The van der Waals surface area contributed by atoms with Crippen molar-refractivity contribution in [3.8, 4) is 0 Å². The summed E-state index contributed by atoms with van der Waals surface area (Å²) in [5.74, 6) is -1.34. The lowest BCUT2D eigenvalue weighted by Gasteiger charge is -2.14. The Hall–Kier alpha value is -2.55. The van der Waals surface area contributed by atoms with Crippen LogP contribution < -0.4 is 10.2 Å². The number of rotatable bonds is 4. The summed E-state index contributed by atoms with van der Waals surface area (Å²) in [6, 6.07) is 4.00. The summed E-state index contributed by atoms with van der Waals surface area (Å²) in [6.45, 7) is 4.02. The van der Waals surface area contributed by atoms with Crippen LogP contribution in [0.15, 0.2) is 18.2 Å². The second kappa shape index (κ2) is 6.52. The van der Waals surface area contributed by atoms with Gasteiger partial charge in [0.25, 0.3) is 5.91 Å². The third kappa shape index (κ3) is 3.21. The van der Waals surface area contributed by atoms with Crippen LogP contribution in [0, 0.1) is 12.7 Å². The van der Waals surface area contributed by atoms with Gasteiger partial charge in [0, 0.05) is 0 Å². The fourth-order valence-corrected chi connectivity index (χ4v) is 2.90. The van der Waals surface area contributed by atoms with Gasteiger partial charge in [-0.3, -0.25) is 15.0 Å². The van der Waals surface area contributed by atoms with E-state index in [9.17, 15) is 14.0 Å². The van der Waals surface area contributed by atoms with Crippen LogP contribution in [-0.4, -0.2) is 34.8 Å². The number of nitrogens with one attached hydrogen (secondary N) is 1. The molecule has 0 radical (unpaired) electrons. The zero-order valence-corrected chi connectivity index (χ0v) is 13.9. The van der Waals surface area contributed by atoms with Crippen molar-refractivity contribution in [2.45, 2.75) is 26.4 Å². The minimum absolute atomic E-state index is 0.133. The third-order valence-electron chi connectivity index (χ3n) is 3.58. The number of aromatic nitrogens is 2. The number of benzene rings is 1. The number of hydrogen-bond acceptors (Lipinski definition) is 6. The molecule has 1 aromatic heterocycles. The number of nitrogens with zero attached hydrogens (tertiary/aromatic N) is 3. The lowest BCUT2D eigenvalue weighted by molar-refractivity contribution is 0.102. The molecule has 0 spiro atoms. The molecule has 7 nitrogen and oxygen atoms in total. The molecule has 1 aliphatic rings. The number of ether oxygens (including phenoxy) is 1. The number of anilines is 2. The van der Waals surface area contributed by atoms with Crippen LogP contribution in [-0.2, 0) is 4.74 Å². The number of cyclic esters (lactones) is 1. The van der Waals surface area contributed by atoms with E-state index in [1.54, 1.807) is 6.92 Å². The number of carbonyl (C=O) groups is 2. The molecule has 1 fully saturated rings. The predicted octanol–water partition coefficient (Wildman–Crippen LogP) is 2.97. The maximum atomic E-state index is 14.3. The largest absolute Gasteiger partial charge is 0.444 e. The second-order valence-electron chi connectivity index (χ2n) is 5.27. The summed E-state index contributed by atoms with van der Waals surface area (Å²) >= 11 is 1.20. The van der Waals surface area contributed by atoms with Gasteiger partial charge in [-0.05, 0) is 31.5 Å². The fourth-order valence-electron chi connectivity index (χ4n) is 2.31. The van der Waals surface area contributed by atoms with Gasteiger partial charge in [-0.15, -0.1) is 10.2 Å². The number of carbonyl (C=O) groups excluding carboxylic acids is 2. The standard InChI is InChI=1S/C15H15FN4O3S/c1-3-10-7-20(15(22)23-10)9-4-5-11(12(16)6-9)13(21)17-14-19-18-8(2)24-14/h4-6,10H,3,7H2,1-2H3,(H,17,19,21)/t10-/m0/s1. The minimum atomic E-state index is -0.723. The van der Waals surface area contributed by atoms with Crippen LogP contribution in [0.4, 0.5) is 20.0 Å². The highest BCUT2D eigenvalue weighted by Gasteiger charge is 2.31. The predicted molar refractivity (Wildman–Crippen MR) is 86.9 cm³/mol. The van der Waals surface area contributed by atoms with Gasteiger partial charge in [0.2, 0.25) is 5.13 Å². The van der Waals surface area contributed by atoms with Crippen molar-refractivity contribution < 1.29 is 18.7 Å². The molecule has 0 unspecified atom stereocenters. The highest BCUT2D eigenvalue weighted by molar-refractivity contribution is 7.15. The number of amides is 2. The summed E-state index contributed by atoms with van der Waals surface area (Å²) in [7, 11) is 0. The van der Waals surface area contributed by atoms with Gasteiger partial charge < -0.3 is 4.74 Å². The molecular weight excluding hydrogens is 335 g/mol. The first kappa shape index (κ1) is 16.3. The average Bonchev–Trinajstić information content (AvgIpc) is 3.12. The van der Waals surface area contributed by atoms with E-state index >= 15 is 0 Å². The molecule has 1 aliphatic heterocycles. The van der Waals surface area contributed by atoms with E-state index in [-0.39, 0.29) is 11.7 Å². The van der Waals surface area contributed by atoms with Gasteiger partial charge in [0.1, 0.15) is 16.9 Å². The Bertz CT molecular complexity index is 795. The van der Waals surface area contributed by atoms with Crippen molar-refractivity contribution in [3.63, 3.8) is 0 Å². The SMILES string of the molecule is CC[C@H]1CN(c2ccc(C(=O)Nc3nnc(C)s3)c(F)c2)C(=O)O1. The zero-order valence-electron chi connectivity index (χ0n) is 13.1. The lowest BCUT2D eigenvalue weighted by atomic mass is 10.1. The zero-order chi connectivity index (χ0) is 17.3. The van der Waals surface area contributed by atoms with E-state index in [0.717, 1.165) is 6.07 Å². The smallest absolute Gasteiger partial charge is 0.414 e. The van der Waals surface area contributed by atoms with Gasteiger partial charge in [-0.1, -0.05) is 18.3 Å². The molecular formula is C15H15FN4O3S. The Morgan fingerprint density at radius 3 is 2.88 bits per heavy atom. The van der Waals surface area contributed by atoms with E-state index < -0.39 is 17.8 Å². The quantitative estimate of drug-likeness (QED) is 0.916. The first-order valence-corrected chi connectivity index (χ1v) is 8.18. The van der Waals surface area contributed by atoms with Crippen LogP contribution in [0.1, 0.15) is 28.7 Å². The summed E-state index contributed by atoms with van der Waals surface area (Å²) in [5.41, 5.74) is 0.225. The van der Waals surface area contributed by atoms with Gasteiger partial charge in [-0.25, -0.2) is 9.18 Å². The summed E-state index contributed by atoms with van der Waals surface area (Å²) < 4.78 is 19.4. The Balaban J connectivity index is 1.77. The Morgan fingerprint density at radius 1 is 1.50 bits per heavy atom. The molecule has 0 saturated carbocycles. The highest BCUT2D eigenvalue weighted by Crippen LogP contribution is 2.25. The molecule has 1 atom stereocenters. The maximum Gasteiger partial charge on any atom is 0.414 e.